The lowest BCUT2D eigenvalue weighted by molar-refractivity contribution is -0.123. The van der Waals surface area contributed by atoms with E-state index in [1.165, 1.54) is 56.2 Å². The summed E-state index contributed by atoms with van der Waals surface area (Å²) >= 11 is 0. The number of nitrogens with two attached hydrogens (primary N) is 4. The van der Waals surface area contributed by atoms with Crippen LogP contribution in [0, 0.1) is 37.5 Å². The van der Waals surface area contributed by atoms with Gasteiger partial charge in [0.1, 0.15) is 68.6 Å². The molecule has 0 unspecified atom stereocenters. The summed E-state index contributed by atoms with van der Waals surface area (Å²) in [4.78, 5) is 62.9. The molecule has 9 aromatic heterocycles. The number of fused-ring (bicyclic) bond motifs is 6. The van der Waals surface area contributed by atoms with Crippen LogP contribution in [-0.2, 0) is 4.79 Å². The summed E-state index contributed by atoms with van der Waals surface area (Å²) in [6.07, 6.45) is 27.3. The predicted molar refractivity (Wildman–Crippen MR) is 474 cm³/mol. The number of aryl methyl sites for hydroxylation is 2. The summed E-state index contributed by atoms with van der Waals surface area (Å²) < 4.78 is 6.53. The van der Waals surface area contributed by atoms with Crippen LogP contribution in [0.2, 0.25) is 0 Å². The first kappa shape index (κ1) is 77.7. The van der Waals surface area contributed by atoms with Gasteiger partial charge in [0.15, 0.2) is 0 Å². The molecule has 3 saturated carbocycles. The first-order valence-electron chi connectivity index (χ1n) is 42.2. The minimum Gasteiger partial charge on any atom is -0.382 e. The highest BCUT2D eigenvalue weighted by Crippen LogP contribution is 2.44. The lowest BCUT2D eigenvalue weighted by Gasteiger charge is -2.35. The van der Waals surface area contributed by atoms with Crippen molar-refractivity contribution in [1.29, 1.82) is 0 Å². The molecule has 0 atom stereocenters. The van der Waals surface area contributed by atoms with E-state index in [2.05, 4.69) is 224 Å². The highest BCUT2D eigenvalue weighted by Gasteiger charge is 2.34. The number of primary amides is 1. The van der Waals surface area contributed by atoms with E-state index in [0.29, 0.717) is 41.1 Å². The predicted octanol–water partition coefficient (Wildman–Crippen LogP) is 18.7. The Balaban J connectivity index is 0.000000126. The Morgan fingerprint density at radius 2 is 0.786 bits per heavy atom. The fourth-order valence-electron chi connectivity index (χ4n) is 19.0. The summed E-state index contributed by atoms with van der Waals surface area (Å²) in [7, 11) is 6.55. The largest absolute Gasteiger partial charge is 0.382 e. The topological polar surface area (TPSA) is 260 Å². The number of hydrogen-bond donors (Lipinski definition) is 4. The van der Waals surface area contributed by atoms with Gasteiger partial charge in [-0.25, -0.2) is 44.9 Å². The highest BCUT2D eigenvalue weighted by molar-refractivity contribution is 5.96. The third-order valence-corrected chi connectivity index (χ3v) is 25.5. The first-order chi connectivity index (χ1) is 57.0. The minimum absolute atomic E-state index is 0.0473. The van der Waals surface area contributed by atoms with Gasteiger partial charge in [0.25, 0.3) is 0 Å². The molecule has 0 bridgehead atoms. The zero-order valence-electron chi connectivity index (χ0n) is 68.2. The van der Waals surface area contributed by atoms with Gasteiger partial charge in [-0.05, 0) is 210 Å². The maximum Gasteiger partial charge on any atom is 0.220 e. The van der Waals surface area contributed by atoms with Crippen molar-refractivity contribution in [3.63, 3.8) is 0 Å². The Kier molecular flexibility index (Phi) is 22.7. The third kappa shape index (κ3) is 16.6. The lowest BCUT2D eigenvalue weighted by atomic mass is 9.81. The third-order valence-electron chi connectivity index (χ3n) is 25.5. The number of nitrogens with zero attached hydrogens (tertiary/aromatic N) is 15. The number of imidazole rings is 3. The van der Waals surface area contributed by atoms with E-state index in [-0.39, 0.29) is 11.8 Å². The molecule has 1 aliphatic heterocycles. The molecule has 20 nitrogen and oxygen atoms in total. The van der Waals surface area contributed by atoms with Crippen molar-refractivity contribution < 1.29 is 4.79 Å². The van der Waals surface area contributed by atoms with Gasteiger partial charge in [-0.2, -0.15) is 0 Å². The quantitative estimate of drug-likeness (QED) is 0.0660. The summed E-state index contributed by atoms with van der Waals surface area (Å²) in [6.45, 7) is 13.0. The summed E-state index contributed by atoms with van der Waals surface area (Å²) in [5.74, 6) is 8.12. The van der Waals surface area contributed by atoms with Crippen molar-refractivity contribution in [2.45, 2.75) is 128 Å². The summed E-state index contributed by atoms with van der Waals surface area (Å²) in [5, 5.41) is 3.39. The molecule has 20 heteroatoms. The lowest BCUT2D eigenvalue weighted by Crippen LogP contribution is -2.41. The molecule has 10 heterocycles. The Hall–Kier alpha value is -11.8. The van der Waals surface area contributed by atoms with Crippen LogP contribution in [-0.4, -0.2) is 139 Å². The van der Waals surface area contributed by atoms with Crippen molar-refractivity contribution in [3.8, 4) is 67.5 Å². The molecule has 1 saturated heterocycles. The highest BCUT2D eigenvalue weighted by atomic mass is 16.1. The van der Waals surface area contributed by atoms with Crippen molar-refractivity contribution in [2.24, 2.45) is 29.4 Å². The molecular weight excluding hydrogens is 1450 g/mol. The molecule has 15 aromatic rings. The van der Waals surface area contributed by atoms with Crippen molar-refractivity contribution in [2.75, 3.05) is 77.6 Å². The minimum atomic E-state index is -0.144. The number of aromatic nitrogens is 12. The molecule has 1 amide bonds. The number of piperidine rings is 1. The van der Waals surface area contributed by atoms with Gasteiger partial charge in [0, 0.05) is 130 Å². The van der Waals surface area contributed by atoms with Crippen LogP contribution in [0.1, 0.15) is 143 Å². The molecular formula is C97H107N19O. The van der Waals surface area contributed by atoms with Crippen LogP contribution >= 0.6 is 0 Å². The molecule has 8 N–H and O–H groups in total. The normalized spacial score (nSPS) is 18.9. The monoisotopic (exact) mass is 1550 g/mol. The van der Waals surface area contributed by atoms with E-state index >= 15 is 0 Å². The van der Waals surface area contributed by atoms with Gasteiger partial charge in [0.05, 0.1) is 33.6 Å². The zero-order chi connectivity index (χ0) is 80.4. The number of carbonyl (C=O) groups excluding carboxylic acids is 1. The zero-order valence-corrected chi connectivity index (χ0v) is 68.2. The molecule has 19 rings (SSSR count). The standard InChI is InChI=1S/C34H37N7O.C32H36N6.C31H34N6/c35-32-31-30(27-11-10-24-12-13-28(38-29(24)20-27)23-4-2-1-3-5-23)39-34(41(31)19-16-37-32)26-8-6-22(7-9-26)21-40-17-14-25(15-18-40)33(36)42;1-4-37(3)20-22-10-12-24(13-11-22)32-36-29(30-31(33)34-16-17-38(30)32)25-14-15-26-21(2)18-27(35-28(26)19-25)23-8-6-5-7-9-23;1-20-17-26(22-7-5-4-6-8-22)34-27-18-24(13-14-25(20)27)28-29-30(32)33-15-16-37(29)31(35-28)23-11-9-21(10-12-23)19-36(2)3/h1-5,10-13,16,19-20,22,25-26H,6-9,14-15,17-18,21H2,(H2,35,37)(H2,36,42);5-9,14-19,22,24H,4,10-13,20H2,1-3H3,(H2,33,34);4-8,13-18,21,23H,9-12,19H2,1-3H3,(H2,32,33). The van der Waals surface area contributed by atoms with Crippen LogP contribution in [0.4, 0.5) is 17.5 Å². The van der Waals surface area contributed by atoms with Crippen molar-refractivity contribution in [3.05, 3.63) is 236 Å². The fourth-order valence-corrected chi connectivity index (χ4v) is 19.0. The summed E-state index contributed by atoms with van der Waals surface area (Å²) in [5.41, 5.74) is 44.8. The van der Waals surface area contributed by atoms with E-state index < -0.39 is 0 Å². The van der Waals surface area contributed by atoms with Gasteiger partial charge in [-0.3, -0.25) is 18.0 Å². The average Bonchev–Trinajstić information content (AvgIpc) is 1.62. The second-order valence-electron chi connectivity index (χ2n) is 33.6. The molecule has 6 aromatic carbocycles. The van der Waals surface area contributed by atoms with Gasteiger partial charge in [-0.1, -0.05) is 140 Å². The Labute approximate surface area is 684 Å². The second-order valence-corrected chi connectivity index (χ2v) is 33.6. The smallest absolute Gasteiger partial charge is 0.220 e. The Morgan fingerprint density at radius 3 is 1.20 bits per heavy atom. The number of benzene rings is 6. The molecule has 4 fully saturated rings. The van der Waals surface area contributed by atoms with Gasteiger partial charge in [0.2, 0.25) is 5.91 Å². The molecule has 596 valence electrons. The maximum atomic E-state index is 11.5. The van der Waals surface area contributed by atoms with Crippen molar-refractivity contribution in [1.82, 2.24) is 72.8 Å². The van der Waals surface area contributed by atoms with Crippen LogP contribution in [0.5, 0.6) is 0 Å². The second kappa shape index (κ2) is 34.2. The molecule has 0 radical (unpaired) electrons. The number of hydrogen-bond acceptors (Lipinski definition) is 16. The number of pyridine rings is 3. The molecule has 117 heavy (non-hydrogen) atoms. The van der Waals surface area contributed by atoms with Gasteiger partial charge < -0.3 is 37.6 Å². The van der Waals surface area contributed by atoms with E-state index in [1.54, 1.807) is 18.6 Å². The first-order valence-corrected chi connectivity index (χ1v) is 42.2. The van der Waals surface area contributed by atoms with Crippen molar-refractivity contribution >= 4 is 72.6 Å². The van der Waals surface area contributed by atoms with E-state index in [0.717, 1.165) is 230 Å². The number of rotatable bonds is 17. The number of likely N-dealkylation sites (tertiary alicyclic amines) is 1. The Morgan fingerprint density at radius 1 is 0.410 bits per heavy atom. The molecule has 3 aliphatic carbocycles. The summed E-state index contributed by atoms with van der Waals surface area (Å²) in [6, 6.07) is 58.7. The SMILES string of the molecule is CCN(C)CC1CCC(c2nc(-c3ccc4c(C)cc(-c5ccccc5)nc4c3)c3c(N)nccn23)CC1.Cc1cc(-c2ccccc2)nc2cc(-c3nc(C4CCC(CN(C)C)CC4)n4ccnc(N)c34)ccc12.NC(=O)C1CCN(CC2CCC(c3nc(-c4ccc5ccc(-c6ccccc6)nc5c4)c4c(N)nccn34)CC2)CC1. The number of carbonyl (C=O) groups is 1. The molecule has 4 aliphatic rings. The van der Waals surface area contributed by atoms with E-state index in [1.807, 2.05) is 48.9 Å². The molecule has 0 spiro atoms. The van der Waals surface area contributed by atoms with Crippen LogP contribution in [0.15, 0.2) is 207 Å². The van der Waals surface area contributed by atoms with E-state index in [4.69, 9.17) is 52.8 Å². The Bertz CT molecular complexity index is 6050. The number of amides is 1. The average molecular weight is 1560 g/mol. The van der Waals surface area contributed by atoms with Crippen LogP contribution < -0.4 is 22.9 Å². The fraction of sp³-hybridized carbons (Fsp3) is 0.340. The van der Waals surface area contributed by atoms with Crippen LogP contribution in [0.25, 0.3) is 117 Å². The van der Waals surface area contributed by atoms with E-state index in [9.17, 15) is 4.79 Å². The number of anilines is 3. The van der Waals surface area contributed by atoms with Gasteiger partial charge >= 0.3 is 0 Å². The van der Waals surface area contributed by atoms with Gasteiger partial charge in [-0.15, -0.1) is 0 Å². The number of nitrogen functional groups attached to an aromatic ring is 3. The van der Waals surface area contributed by atoms with Crippen LogP contribution in [0.3, 0.4) is 0 Å². The maximum absolute atomic E-state index is 11.5.